The highest BCUT2D eigenvalue weighted by Crippen LogP contribution is 2.33. The van der Waals surface area contributed by atoms with Gasteiger partial charge in [0.25, 0.3) is 11.8 Å². The maximum absolute atomic E-state index is 12.6. The summed E-state index contributed by atoms with van der Waals surface area (Å²) < 4.78 is 5.25. The van der Waals surface area contributed by atoms with E-state index in [2.05, 4.69) is 15.5 Å². The number of aromatic nitrogens is 2. The molecule has 7 nitrogen and oxygen atoms in total. The van der Waals surface area contributed by atoms with E-state index in [9.17, 15) is 9.59 Å². The third-order valence-corrected chi connectivity index (χ3v) is 5.52. The summed E-state index contributed by atoms with van der Waals surface area (Å²) in [5.41, 5.74) is 1.20. The van der Waals surface area contributed by atoms with Gasteiger partial charge >= 0.3 is 6.03 Å². The first kappa shape index (κ1) is 15.2. The minimum atomic E-state index is -0.745. The van der Waals surface area contributed by atoms with Crippen LogP contribution in [0.4, 0.5) is 4.79 Å². The zero-order chi connectivity index (χ0) is 16.7. The van der Waals surface area contributed by atoms with Crippen molar-refractivity contribution in [2.75, 3.05) is 11.5 Å². The Labute approximate surface area is 142 Å². The molecule has 4 rings (SSSR count). The number of aryl methyl sites for hydroxylation is 1. The van der Waals surface area contributed by atoms with E-state index < -0.39 is 5.54 Å². The zero-order valence-electron chi connectivity index (χ0n) is 13.1. The fraction of sp³-hybridized carbons (Fsp3) is 0.375. The molecule has 1 N–H and O–H groups in total. The summed E-state index contributed by atoms with van der Waals surface area (Å²) in [5, 5.41) is 6.72. The number of rotatable bonds is 3. The summed E-state index contributed by atoms with van der Waals surface area (Å²) in [5.74, 6) is 1.99. The lowest BCUT2D eigenvalue weighted by Crippen LogP contribution is -2.46. The van der Waals surface area contributed by atoms with Crippen LogP contribution in [-0.4, -0.2) is 44.0 Å². The van der Waals surface area contributed by atoms with Crippen molar-refractivity contribution in [3.8, 4) is 11.5 Å². The van der Waals surface area contributed by atoms with Gasteiger partial charge in [0.2, 0.25) is 0 Å². The molecule has 2 fully saturated rings. The Bertz CT molecular complexity index is 796. The summed E-state index contributed by atoms with van der Waals surface area (Å²) in [4.78, 5) is 30.2. The summed E-state index contributed by atoms with van der Waals surface area (Å²) in [6.45, 7) is 2.02. The monoisotopic (exact) mass is 344 g/mol. The number of imide groups is 1. The van der Waals surface area contributed by atoms with Gasteiger partial charge in [0.1, 0.15) is 5.54 Å². The molecule has 1 aromatic carbocycles. The third kappa shape index (κ3) is 2.47. The topological polar surface area (TPSA) is 88.3 Å². The lowest BCUT2D eigenvalue weighted by Gasteiger charge is -2.18. The van der Waals surface area contributed by atoms with Gasteiger partial charge in [-0.15, -0.1) is 0 Å². The molecule has 24 heavy (non-hydrogen) atoms. The second kappa shape index (κ2) is 5.62. The Morgan fingerprint density at radius 3 is 2.83 bits per heavy atom. The van der Waals surface area contributed by atoms with Crippen molar-refractivity contribution in [1.29, 1.82) is 0 Å². The van der Waals surface area contributed by atoms with E-state index in [0.717, 1.165) is 16.9 Å². The molecule has 0 unspecified atom stereocenters. The summed E-state index contributed by atoms with van der Waals surface area (Å²) in [6, 6.07) is 7.32. The molecule has 0 aliphatic carbocycles. The smallest absolute Gasteiger partial charge is 0.325 e. The minimum absolute atomic E-state index is 0.0203. The molecule has 2 aliphatic heterocycles. The van der Waals surface area contributed by atoms with E-state index in [-0.39, 0.29) is 18.5 Å². The lowest BCUT2D eigenvalue weighted by molar-refractivity contribution is -0.131. The molecular formula is C16H16N4O3S. The van der Waals surface area contributed by atoms with Crippen molar-refractivity contribution in [1.82, 2.24) is 20.4 Å². The van der Waals surface area contributed by atoms with Crippen LogP contribution in [0.5, 0.6) is 0 Å². The van der Waals surface area contributed by atoms with Crippen LogP contribution in [0, 0.1) is 6.92 Å². The van der Waals surface area contributed by atoms with Crippen LogP contribution in [0.2, 0.25) is 0 Å². The number of hydrogen-bond acceptors (Lipinski definition) is 6. The fourth-order valence-corrected chi connectivity index (χ4v) is 4.25. The molecule has 0 radical (unpaired) electrons. The Morgan fingerprint density at radius 1 is 1.33 bits per heavy atom. The first-order valence-electron chi connectivity index (χ1n) is 7.69. The van der Waals surface area contributed by atoms with Crippen molar-refractivity contribution < 1.29 is 14.1 Å². The summed E-state index contributed by atoms with van der Waals surface area (Å²) in [6.07, 6.45) is 0.666. The van der Waals surface area contributed by atoms with E-state index in [1.165, 1.54) is 4.90 Å². The normalized spacial score (nSPS) is 23.3. The number of thioether (sulfide) groups is 1. The maximum atomic E-state index is 12.6. The van der Waals surface area contributed by atoms with Gasteiger partial charge in [-0.05, 0) is 31.2 Å². The largest absolute Gasteiger partial charge is 0.334 e. The van der Waals surface area contributed by atoms with Crippen molar-refractivity contribution >= 4 is 23.7 Å². The van der Waals surface area contributed by atoms with Crippen LogP contribution >= 0.6 is 11.8 Å². The standard InChI is InChI=1S/C16H16N4O3S/c1-10-2-4-11(5-3-10)13-17-12(19-23-13)8-20-14(21)16(18-15(20)22)6-7-24-9-16/h2-5H,6-9H2,1H3,(H,18,22)/t16-/m0/s1. The number of nitrogens with one attached hydrogen (secondary N) is 1. The molecule has 2 saturated heterocycles. The summed E-state index contributed by atoms with van der Waals surface area (Å²) in [7, 11) is 0. The highest BCUT2D eigenvalue weighted by atomic mass is 32.2. The van der Waals surface area contributed by atoms with Crippen LogP contribution in [-0.2, 0) is 11.3 Å². The number of hydrogen-bond donors (Lipinski definition) is 1. The molecule has 1 aromatic heterocycles. The first-order chi connectivity index (χ1) is 11.6. The molecule has 3 amide bonds. The van der Waals surface area contributed by atoms with Crippen LogP contribution in [0.15, 0.2) is 28.8 Å². The zero-order valence-corrected chi connectivity index (χ0v) is 13.9. The number of carbonyl (C=O) groups excluding carboxylic acids is 2. The molecule has 0 bridgehead atoms. The third-order valence-electron chi connectivity index (χ3n) is 4.33. The molecule has 8 heteroatoms. The summed E-state index contributed by atoms with van der Waals surface area (Å²) >= 11 is 1.67. The Hall–Kier alpha value is -2.35. The predicted octanol–water partition coefficient (Wildman–Crippen LogP) is 1.97. The van der Waals surface area contributed by atoms with Gasteiger partial charge in [-0.1, -0.05) is 22.9 Å². The molecule has 1 atom stereocenters. The average Bonchev–Trinajstić information content (AvgIpc) is 3.27. The van der Waals surface area contributed by atoms with Gasteiger partial charge < -0.3 is 9.84 Å². The highest BCUT2D eigenvalue weighted by molar-refractivity contribution is 7.99. The van der Waals surface area contributed by atoms with Gasteiger partial charge in [0, 0.05) is 11.3 Å². The number of nitrogens with zero attached hydrogens (tertiary/aromatic N) is 3. The van der Waals surface area contributed by atoms with Gasteiger partial charge in [-0.2, -0.15) is 16.7 Å². The van der Waals surface area contributed by atoms with E-state index in [1.54, 1.807) is 11.8 Å². The second-order valence-corrected chi connectivity index (χ2v) is 7.19. The highest BCUT2D eigenvalue weighted by Gasteiger charge is 2.53. The molecule has 1 spiro atoms. The quantitative estimate of drug-likeness (QED) is 0.857. The Balaban J connectivity index is 1.53. The number of benzene rings is 1. The minimum Gasteiger partial charge on any atom is -0.334 e. The van der Waals surface area contributed by atoms with Crippen molar-refractivity contribution in [2.45, 2.75) is 25.4 Å². The molecule has 2 aliphatic rings. The fourth-order valence-electron chi connectivity index (χ4n) is 2.93. The van der Waals surface area contributed by atoms with E-state index in [0.29, 0.717) is 23.9 Å². The lowest BCUT2D eigenvalue weighted by atomic mass is 9.99. The average molecular weight is 344 g/mol. The second-order valence-electron chi connectivity index (χ2n) is 6.09. The van der Waals surface area contributed by atoms with Gasteiger partial charge in [0.15, 0.2) is 5.82 Å². The number of urea groups is 1. The van der Waals surface area contributed by atoms with Crippen LogP contribution < -0.4 is 5.32 Å². The van der Waals surface area contributed by atoms with Crippen LogP contribution in [0.1, 0.15) is 17.8 Å². The van der Waals surface area contributed by atoms with Crippen molar-refractivity contribution in [2.24, 2.45) is 0 Å². The van der Waals surface area contributed by atoms with E-state index >= 15 is 0 Å². The molecule has 124 valence electrons. The SMILES string of the molecule is Cc1ccc(-c2nc(CN3C(=O)N[C@]4(CCSC4)C3=O)no2)cc1. The molecular weight excluding hydrogens is 328 g/mol. The number of carbonyl (C=O) groups is 2. The Morgan fingerprint density at radius 2 is 2.12 bits per heavy atom. The van der Waals surface area contributed by atoms with Crippen LogP contribution in [0.25, 0.3) is 11.5 Å². The van der Waals surface area contributed by atoms with Gasteiger partial charge in [-0.3, -0.25) is 9.69 Å². The molecule has 2 aromatic rings. The maximum Gasteiger partial charge on any atom is 0.325 e. The van der Waals surface area contributed by atoms with E-state index in [4.69, 9.17) is 4.52 Å². The van der Waals surface area contributed by atoms with Crippen molar-refractivity contribution in [3.63, 3.8) is 0 Å². The molecule has 0 saturated carbocycles. The van der Waals surface area contributed by atoms with Gasteiger partial charge in [0.05, 0.1) is 6.54 Å². The van der Waals surface area contributed by atoms with Gasteiger partial charge in [-0.25, -0.2) is 4.79 Å². The Kier molecular flexibility index (Phi) is 3.56. The number of amides is 3. The van der Waals surface area contributed by atoms with Crippen molar-refractivity contribution in [3.05, 3.63) is 35.7 Å². The predicted molar refractivity (Wildman–Crippen MR) is 88.2 cm³/mol. The molecule has 3 heterocycles. The first-order valence-corrected chi connectivity index (χ1v) is 8.84. The van der Waals surface area contributed by atoms with E-state index in [1.807, 2.05) is 31.2 Å². The van der Waals surface area contributed by atoms with Crippen LogP contribution in [0.3, 0.4) is 0 Å².